The van der Waals surface area contributed by atoms with Crippen molar-refractivity contribution in [1.29, 1.82) is 0 Å². The molecule has 1 aromatic rings. The van der Waals surface area contributed by atoms with Crippen molar-refractivity contribution in [2.24, 2.45) is 5.41 Å². The molecule has 2 aliphatic heterocycles. The van der Waals surface area contributed by atoms with Crippen molar-refractivity contribution in [2.75, 3.05) is 39.5 Å². The van der Waals surface area contributed by atoms with Crippen LogP contribution in [0.25, 0.3) is 0 Å². The Morgan fingerprint density at radius 2 is 1.69 bits per heavy atom. The van der Waals surface area contributed by atoms with E-state index >= 15 is 0 Å². The number of nitrogens with one attached hydrogen (secondary N) is 1. The van der Waals surface area contributed by atoms with Gasteiger partial charge in [-0.2, -0.15) is 0 Å². The lowest BCUT2D eigenvalue weighted by atomic mass is 9.94. The Balaban J connectivity index is 1.69. The van der Waals surface area contributed by atoms with Gasteiger partial charge in [0, 0.05) is 30.8 Å². The van der Waals surface area contributed by atoms with Crippen LogP contribution in [0.4, 0.5) is 0 Å². The lowest BCUT2D eigenvalue weighted by molar-refractivity contribution is -0.0551. The predicted octanol–water partition coefficient (Wildman–Crippen LogP) is 2.09. The second-order valence-electron chi connectivity index (χ2n) is 8.36. The average Bonchev–Trinajstić information content (AvgIpc) is 3.08. The third-order valence-electron chi connectivity index (χ3n) is 4.90. The SMILES string of the molecule is CC(C)(C)CNC(=O)c1ccc(C(=O)N2CCOCC23CCOC3)cc1. The Kier molecular flexibility index (Phi) is 5.34. The number of ether oxygens (including phenoxy) is 2. The van der Waals surface area contributed by atoms with E-state index < -0.39 is 0 Å². The van der Waals surface area contributed by atoms with Gasteiger partial charge in [0.05, 0.1) is 25.4 Å². The highest BCUT2D eigenvalue weighted by atomic mass is 16.5. The van der Waals surface area contributed by atoms with Crippen LogP contribution >= 0.6 is 0 Å². The second-order valence-corrected chi connectivity index (χ2v) is 8.36. The molecule has 0 radical (unpaired) electrons. The summed E-state index contributed by atoms with van der Waals surface area (Å²) in [5, 5.41) is 2.92. The molecule has 2 saturated heterocycles. The summed E-state index contributed by atoms with van der Waals surface area (Å²) in [7, 11) is 0. The van der Waals surface area contributed by atoms with Gasteiger partial charge in [-0.05, 0) is 36.1 Å². The summed E-state index contributed by atoms with van der Waals surface area (Å²) in [6, 6.07) is 6.88. The van der Waals surface area contributed by atoms with Crippen LogP contribution in [0.5, 0.6) is 0 Å². The number of morpholine rings is 1. The van der Waals surface area contributed by atoms with Crippen LogP contribution in [0.1, 0.15) is 47.9 Å². The van der Waals surface area contributed by atoms with Gasteiger partial charge in [0.1, 0.15) is 0 Å². The van der Waals surface area contributed by atoms with Gasteiger partial charge in [-0.3, -0.25) is 9.59 Å². The fourth-order valence-electron chi connectivity index (χ4n) is 3.34. The molecule has 2 fully saturated rings. The highest BCUT2D eigenvalue weighted by Crippen LogP contribution is 2.30. The molecule has 0 bridgehead atoms. The number of nitrogens with zero attached hydrogens (tertiary/aromatic N) is 1. The van der Waals surface area contributed by atoms with Gasteiger partial charge in [0.25, 0.3) is 11.8 Å². The second kappa shape index (κ2) is 7.37. The number of carbonyl (C=O) groups excluding carboxylic acids is 2. The maximum atomic E-state index is 13.0. The minimum atomic E-state index is -0.349. The Labute approximate surface area is 154 Å². The van der Waals surface area contributed by atoms with Crippen molar-refractivity contribution in [1.82, 2.24) is 10.2 Å². The molecule has 0 aliphatic carbocycles. The van der Waals surface area contributed by atoms with Crippen molar-refractivity contribution in [3.63, 3.8) is 0 Å². The van der Waals surface area contributed by atoms with Gasteiger partial charge < -0.3 is 19.7 Å². The molecule has 2 amide bonds. The van der Waals surface area contributed by atoms with Gasteiger partial charge in [0.2, 0.25) is 0 Å². The average molecular weight is 360 g/mol. The molecular weight excluding hydrogens is 332 g/mol. The molecule has 1 spiro atoms. The van der Waals surface area contributed by atoms with Gasteiger partial charge in [-0.25, -0.2) is 0 Å². The molecule has 2 aliphatic rings. The van der Waals surface area contributed by atoms with E-state index in [2.05, 4.69) is 26.1 Å². The molecule has 6 heteroatoms. The van der Waals surface area contributed by atoms with Gasteiger partial charge in [-0.1, -0.05) is 20.8 Å². The van der Waals surface area contributed by atoms with Crippen LogP contribution < -0.4 is 5.32 Å². The highest BCUT2D eigenvalue weighted by Gasteiger charge is 2.45. The highest BCUT2D eigenvalue weighted by molar-refractivity contribution is 5.98. The number of carbonyl (C=O) groups is 2. The first-order chi connectivity index (χ1) is 12.3. The number of hydrogen-bond acceptors (Lipinski definition) is 4. The zero-order valence-corrected chi connectivity index (χ0v) is 15.8. The molecule has 142 valence electrons. The Morgan fingerprint density at radius 1 is 1.08 bits per heavy atom. The summed E-state index contributed by atoms with van der Waals surface area (Å²) in [5.41, 5.74) is 0.828. The molecule has 1 N–H and O–H groups in total. The van der Waals surface area contributed by atoms with E-state index in [1.54, 1.807) is 24.3 Å². The zero-order chi connectivity index (χ0) is 18.8. The summed E-state index contributed by atoms with van der Waals surface area (Å²) < 4.78 is 11.1. The van der Waals surface area contributed by atoms with Crippen LogP contribution in [-0.4, -0.2) is 61.8 Å². The van der Waals surface area contributed by atoms with Crippen molar-refractivity contribution < 1.29 is 19.1 Å². The van der Waals surface area contributed by atoms with E-state index in [9.17, 15) is 9.59 Å². The third kappa shape index (κ3) is 4.07. The predicted molar refractivity (Wildman–Crippen MR) is 98.3 cm³/mol. The zero-order valence-electron chi connectivity index (χ0n) is 15.8. The van der Waals surface area contributed by atoms with E-state index in [1.807, 2.05) is 4.90 Å². The van der Waals surface area contributed by atoms with Crippen molar-refractivity contribution in [3.05, 3.63) is 35.4 Å². The lowest BCUT2D eigenvalue weighted by Gasteiger charge is -2.43. The summed E-state index contributed by atoms with van der Waals surface area (Å²) in [5.74, 6) is -0.147. The van der Waals surface area contributed by atoms with Crippen molar-refractivity contribution in [2.45, 2.75) is 32.7 Å². The van der Waals surface area contributed by atoms with Crippen LogP contribution in [0, 0.1) is 5.41 Å². The minimum absolute atomic E-state index is 0.0274. The normalized spacial score (nSPS) is 23.3. The van der Waals surface area contributed by atoms with E-state index in [1.165, 1.54) is 0 Å². The fourth-order valence-corrected chi connectivity index (χ4v) is 3.34. The number of benzene rings is 1. The first-order valence-corrected chi connectivity index (χ1v) is 9.17. The molecule has 6 nitrogen and oxygen atoms in total. The molecule has 1 unspecified atom stereocenters. The quantitative estimate of drug-likeness (QED) is 0.896. The van der Waals surface area contributed by atoms with Gasteiger partial charge in [-0.15, -0.1) is 0 Å². The van der Waals surface area contributed by atoms with E-state index in [-0.39, 0.29) is 22.8 Å². The molecular formula is C20H28N2O4. The van der Waals surface area contributed by atoms with E-state index in [0.717, 1.165) is 6.42 Å². The topological polar surface area (TPSA) is 67.9 Å². The molecule has 3 rings (SSSR count). The van der Waals surface area contributed by atoms with Crippen molar-refractivity contribution >= 4 is 11.8 Å². The summed E-state index contributed by atoms with van der Waals surface area (Å²) in [4.78, 5) is 27.1. The van der Waals surface area contributed by atoms with Gasteiger partial charge in [0.15, 0.2) is 0 Å². The Bertz CT molecular complexity index is 657. The molecule has 1 atom stereocenters. The molecule has 2 heterocycles. The number of hydrogen-bond donors (Lipinski definition) is 1. The van der Waals surface area contributed by atoms with Crippen LogP contribution in [-0.2, 0) is 9.47 Å². The monoisotopic (exact) mass is 360 g/mol. The number of rotatable bonds is 3. The maximum absolute atomic E-state index is 13.0. The maximum Gasteiger partial charge on any atom is 0.254 e. The summed E-state index contributed by atoms with van der Waals surface area (Å²) in [6.07, 6.45) is 0.798. The van der Waals surface area contributed by atoms with Crippen molar-refractivity contribution in [3.8, 4) is 0 Å². The first-order valence-electron chi connectivity index (χ1n) is 9.17. The molecule has 0 saturated carbocycles. The Morgan fingerprint density at radius 3 is 2.31 bits per heavy atom. The van der Waals surface area contributed by atoms with Crippen LogP contribution in [0.3, 0.4) is 0 Å². The fraction of sp³-hybridized carbons (Fsp3) is 0.600. The molecule has 0 aromatic heterocycles. The third-order valence-corrected chi connectivity index (χ3v) is 4.90. The lowest BCUT2D eigenvalue weighted by Crippen LogP contribution is -2.59. The smallest absolute Gasteiger partial charge is 0.254 e. The molecule has 1 aromatic carbocycles. The summed E-state index contributed by atoms with van der Waals surface area (Å²) in [6.45, 7) is 9.61. The summed E-state index contributed by atoms with van der Waals surface area (Å²) >= 11 is 0. The Hall–Kier alpha value is -1.92. The first kappa shape index (κ1) is 18.9. The minimum Gasteiger partial charge on any atom is -0.379 e. The number of amides is 2. The van der Waals surface area contributed by atoms with Crippen LogP contribution in [0.15, 0.2) is 24.3 Å². The largest absolute Gasteiger partial charge is 0.379 e. The van der Waals surface area contributed by atoms with E-state index in [0.29, 0.717) is 50.6 Å². The standard InChI is InChI=1S/C20H28N2O4/c1-19(2,3)12-21-17(23)15-4-6-16(7-5-15)18(24)22-9-11-26-14-20(22)8-10-25-13-20/h4-7H,8-14H2,1-3H3,(H,21,23). The van der Waals surface area contributed by atoms with Crippen LogP contribution in [0.2, 0.25) is 0 Å². The van der Waals surface area contributed by atoms with Gasteiger partial charge >= 0.3 is 0 Å². The van der Waals surface area contributed by atoms with E-state index in [4.69, 9.17) is 9.47 Å². The molecule has 26 heavy (non-hydrogen) atoms.